The third-order valence-electron chi connectivity index (χ3n) is 5.43. The number of aliphatic hydroxyl groups is 1. The monoisotopic (exact) mass is 417 g/mol. The molecule has 1 aromatic heterocycles. The summed E-state index contributed by atoms with van der Waals surface area (Å²) in [5.74, 6) is -1.27. The Morgan fingerprint density at radius 2 is 1.77 bits per heavy atom. The van der Waals surface area contributed by atoms with Crippen molar-refractivity contribution in [1.29, 1.82) is 0 Å². The van der Waals surface area contributed by atoms with E-state index in [1.165, 1.54) is 12.0 Å². The Bertz CT molecular complexity index is 1140. The number of hydrogen-bond acceptors (Lipinski definition) is 5. The van der Waals surface area contributed by atoms with E-state index in [0.29, 0.717) is 17.0 Å². The Morgan fingerprint density at radius 1 is 1.06 bits per heavy atom. The van der Waals surface area contributed by atoms with E-state index >= 15 is 0 Å². The largest absolute Gasteiger partial charge is 0.503 e. The molecule has 6 nitrogen and oxygen atoms in total. The number of aliphatic hydroxyl groups excluding tert-OH is 1. The quantitative estimate of drug-likeness (QED) is 0.605. The Hall–Kier alpha value is -3.80. The van der Waals surface area contributed by atoms with Crippen molar-refractivity contribution < 1.29 is 23.8 Å². The van der Waals surface area contributed by atoms with Gasteiger partial charge < -0.3 is 14.3 Å². The Balaban J connectivity index is 1.84. The summed E-state index contributed by atoms with van der Waals surface area (Å²) < 4.78 is 10.6. The van der Waals surface area contributed by atoms with Gasteiger partial charge in [0.15, 0.2) is 11.5 Å². The lowest BCUT2D eigenvalue weighted by molar-refractivity contribution is -0.119. The maximum atomic E-state index is 13.2. The molecule has 0 bridgehead atoms. The minimum atomic E-state index is -0.793. The predicted molar refractivity (Wildman–Crippen MR) is 117 cm³/mol. The molecule has 0 aliphatic carbocycles. The number of para-hydroxylation sites is 1. The highest BCUT2D eigenvalue weighted by atomic mass is 16.5. The van der Waals surface area contributed by atoms with E-state index in [9.17, 15) is 14.7 Å². The van der Waals surface area contributed by atoms with Crippen LogP contribution in [0.25, 0.3) is 11.1 Å². The average molecular weight is 417 g/mol. The molecule has 1 N–H and O–H groups in total. The summed E-state index contributed by atoms with van der Waals surface area (Å²) in [6, 6.07) is 15.6. The van der Waals surface area contributed by atoms with Crippen LogP contribution in [-0.4, -0.2) is 23.9 Å². The zero-order valence-corrected chi connectivity index (χ0v) is 17.5. The van der Waals surface area contributed by atoms with E-state index in [1.807, 2.05) is 30.3 Å². The lowest BCUT2D eigenvalue weighted by Gasteiger charge is -2.28. The van der Waals surface area contributed by atoms with Crippen LogP contribution in [-0.2, 0) is 9.59 Å². The van der Waals surface area contributed by atoms with Gasteiger partial charge in [-0.3, -0.25) is 14.5 Å². The SMILES string of the molecule is COc1ccccc1[C@@H]1C(C(=O)C(C)C)=C(O)C(=O)N1c1ccc(-c2ccoc2)cc1. The van der Waals surface area contributed by atoms with Crippen molar-refractivity contribution in [3.8, 4) is 16.9 Å². The van der Waals surface area contributed by atoms with Gasteiger partial charge in [-0.05, 0) is 29.8 Å². The van der Waals surface area contributed by atoms with Gasteiger partial charge in [0.1, 0.15) is 5.75 Å². The van der Waals surface area contributed by atoms with Crippen LogP contribution >= 0.6 is 0 Å². The number of ether oxygens (including phenoxy) is 1. The van der Waals surface area contributed by atoms with Crippen LogP contribution in [0.4, 0.5) is 5.69 Å². The molecular formula is C25H23NO5. The number of carbonyl (C=O) groups excluding carboxylic acids is 2. The number of benzene rings is 2. The molecule has 2 heterocycles. The molecule has 1 amide bonds. The molecule has 6 heteroatoms. The average Bonchev–Trinajstić information content (AvgIpc) is 3.41. The van der Waals surface area contributed by atoms with Crippen LogP contribution in [0, 0.1) is 5.92 Å². The van der Waals surface area contributed by atoms with Crippen molar-refractivity contribution in [3.05, 3.63) is 84.0 Å². The summed E-state index contributed by atoms with van der Waals surface area (Å²) >= 11 is 0. The summed E-state index contributed by atoms with van der Waals surface area (Å²) in [7, 11) is 1.53. The molecule has 4 rings (SSSR count). The molecule has 0 spiro atoms. The topological polar surface area (TPSA) is 80.0 Å². The fraction of sp³-hybridized carbons (Fsp3) is 0.200. The fourth-order valence-electron chi connectivity index (χ4n) is 3.86. The lowest BCUT2D eigenvalue weighted by atomic mass is 9.90. The third kappa shape index (κ3) is 3.50. The number of furan rings is 1. The number of rotatable bonds is 6. The standard InChI is InChI=1S/C25H23NO5/c1-15(2)23(27)21-22(19-6-4-5-7-20(19)30-3)26(25(29)24(21)28)18-10-8-16(9-11-18)17-12-13-31-14-17/h4-15,22,28H,1-3H3/t22-/m1/s1. The smallest absolute Gasteiger partial charge is 0.294 e. The molecule has 0 fully saturated rings. The lowest BCUT2D eigenvalue weighted by Crippen LogP contribution is -2.31. The van der Waals surface area contributed by atoms with Gasteiger partial charge in [-0.1, -0.05) is 44.2 Å². The summed E-state index contributed by atoms with van der Waals surface area (Å²) in [6.07, 6.45) is 3.23. The molecule has 0 unspecified atom stereocenters. The van der Waals surface area contributed by atoms with Crippen molar-refractivity contribution in [1.82, 2.24) is 0 Å². The minimum Gasteiger partial charge on any atom is -0.503 e. The number of carbonyl (C=O) groups is 2. The molecular weight excluding hydrogens is 394 g/mol. The van der Waals surface area contributed by atoms with Gasteiger partial charge in [-0.2, -0.15) is 0 Å². The van der Waals surface area contributed by atoms with Crippen LogP contribution in [0.1, 0.15) is 25.5 Å². The van der Waals surface area contributed by atoms with Crippen LogP contribution in [0.15, 0.2) is 82.9 Å². The summed E-state index contributed by atoms with van der Waals surface area (Å²) in [4.78, 5) is 27.6. The second-order valence-electron chi connectivity index (χ2n) is 7.66. The zero-order chi connectivity index (χ0) is 22.1. The highest BCUT2D eigenvalue weighted by Crippen LogP contribution is 2.44. The van der Waals surface area contributed by atoms with E-state index in [-0.39, 0.29) is 17.3 Å². The molecule has 2 aromatic carbocycles. The molecule has 0 saturated heterocycles. The first-order chi connectivity index (χ1) is 14.9. The van der Waals surface area contributed by atoms with Gasteiger partial charge in [0.2, 0.25) is 0 Å². The number of nitrogens with zero attached hydrogens (tertiary/aromatic N) is 1. The van der Waals surface area contributed by atoms with Gasteiger partial charge in [-0.15, -0.1) is 0 Å². The number of methoxy groups -OCH3 is 1. The van der Waals surface area contributed by atoms with Crippen molar-refractivity contribution in [3.63, 3.8) is 0 Å². The Labute approximate surface area is 180 Å². The normalized spacial score (nSPS) is 16.3. The van der Waals surface area contributed by atoms with E-state index in [4.69, 9.17) is 9.15 Å². The number of hydrogen-bond donors (Lipinski definition) is 1. The van der Waals surface area contributed by atoms with Crippen LogP contribution < -0.4 is 9.64 Å². The number of ketones is 1. The van der Waals surface area contributed by atoms with Crippen molar-refractivity contribution in [2.45, 2.75) is 19.9 Å². The fourth-order valence-corrected chi connectivity index (χ4v) is 3.86. The van der Waals surface area contributed by atoms with Crippen molar-refractivity contribution in [2.24, 2.45) is 5.92 Å². The van der Waals surface area contributed by atoms with Gasteiger partial charge in [0.25, 0.3) is 5.91 Å². The Morgan fingerprint density at radius 3 is 2.39 bits per heavy atom. The number of Topliss-reactive ketones (excluding diaryl/α,β-unsaturated/α-hetero) is 1. The molecule has 0 radical (unpaired) electrons. The van der Waals surface area contributed by atoms with Crippen molar-refractivity contribution in [2.75, 3.05) is 12.0 Å². The van der Waals surface area contributed by atoms with E-state index in [1.54, 1.807) is 50.6 Å². The molecule has 1 aliphatic heterocycles. The first-order valence-electron chi connectivity index (χ1n) is 10.0. The molecule has 3 aromatic rings. The summed E-state index contributed by atoms with van der Waals surface area (Å²) in [6.45, 7) is 3.49. The molecule has 1 atom stereocenters. The van der Waals surface area contributed by atoms with Crippen LogP contribution in [0.5, 0.6) is 5.75 Å². The second-order valence-corrected chi connectivity index (χ2v) is 7.66. The van der Waals surface area contributed by atoms with E-state index < -0.39 is 17.7 Å². The molecule has 31 heavy (non-hydrogen) atoms. The van der Waals surface area contributed by atoms with Crippen molar-refractivity contribution >= 4 is 17.4 Å². The minimum absolute atomic E-state index is 0.0865. The summed E-state index contributed by atoms with van der Waals surface area (Å²) in [5.41, 5.74) is 3.12. The second kappa shape index (κ2) is 8.14. The number of anilines is 1. The van der Waals surface area contributed by atoms with Gasteiger partial charge >= 0.3 is 0 Å². The summed E-state index contributed by atoms with van der Waals surface area (Å²) in [5, 5.41) is 10.7. The van der Waals surface area contributed by atoms with Gasteiger partial charge in [0.05, 0.1) is 31.3 Å². The third-order valence-corrected chi connectivity index (χ3v) is 5.43. The molecule has 1 aliphatic rings. The number of amides is 1. The van der Waals surface area contributed by atoms with Gasteiger partial charge in [0, 0.05) is 22.7 Å². The van der Waals surface area contributed by atoms with E-state index in [0.717, 1.165) is 11.1 Å². The first kappa shape index (κ1) is 20.5. The zero-order valence-electron chi connectivity index (χ0n) is 17.5. The maximum Gasteiger partial charge on any atom is 0.294 e. The Kier molecular flexibility index (Phi) is 5.38. The van der Waals surface area contributed by atoms with Crippen LogP contribution in [0.3, 0.4) is 0 Å². The highest BCUT2D eigenvalue weighted by Gasteiger charge is 2.45. The molecule has 158 valence electrons. The molecule has 0 saturated carbocycles. The first-order valence-corrected chi connectivity index (χ1v) is 10.0. The maximum absolute atomic E-state index is 13.2. The van der Waals surface area contributed by atoms with Crippen LogP contribution in [0.2, 0.25) is 0 Å². The van der Waals surface area contributed by atoms with Gasteiger partial charge in [-0.25, -0.2) is 0 Å². The predicted octanol–water partition coefficient (Wildman–Crippen LogP) is 5.08. The highest BCUT2D eigenvalue weighted by molar-refractivity contribution is 6.17. The van der Waals surface area contributed by atoms with E-state index in [2.05, 4.69) is 0 Å².